The van der Waals surface area contributed by atoms with Crippen molar-refractivity contribution in [3.8, 4) is 11.5 Å². The van der Waals surface area contributed by atoms with E-state index < -0.39 is 0 Å². The molecule has 28 heavy (non-hydrogen) atoms. The number of fused-ring (bicyclic) bond motifs is 1. The Labute approximate surface area is 163 Å². The summed E-state index contributed by atoms with van der Waals surface area (Å²) in [5, 5.41) is 12.8. The van der Waals surface area contributed by atoms with Gasteiger partial charge in [-0.2, -0.15) is 5.10 Å². The molecule has 1 aliphatic heterocycles. The number of benzene rings is 2. The standard InChI is InChI=1S/C22H21N5O/c1-2-6-16(7-3-1)14-27-11-10-18(15-27)24-22-25-19(13-23-26-22)21-12-17-8-4-5-9-20(17)28-21/h1-9,12-13,18H,10-11,14-15H2,(H,24,25,26)/t18-/m1/s1. The van der Waals surface area contributed by atoms with Gasteiger partial charge in [-0.15, -0.1) is 5.10 Å². The van der Waals surface area contributed by atoms with E-state index in [1.54, 1.807) is 6.20 Å². The third kappa shape index (κ3) is 3.59. The average Bonchev–Trinajstić information content (AvgIpc) is 3.36. The molecule has 1 atom stereocenters. The highest BCUT2D eigenvalue weighted by Gasteiger charge is 2.23. The molecule has 0 aliphatic carbocycles. The topological polar surface area (TPSA) is 67.1 Å². The van der Waals surface area contributed by atoms with Crippen molar-refractivity contribution in [1.82, 2.24) is 20.1 Å². The largest absolute Gasteiger partial charge is 0.454 e. The Hall–Kier alpha value is -3.25. The summed E-state index contributed by atoms with van der Waals surface area (Å²) in [6.45, 7) is 2.99. The molecule has 3 heterocycles. The van der Waals surface area contributed by atoms with E-state index in [0.717, 1.165) is 37.0 Å². The second kappa shape index (κ2) is 7.40. The lowest BCUT2D eigenvalue weighted by molar-refractivity contribution is 0.328. The molecule has 2 aromatic heterocycles. The quantitative estimate of drug-likeness (QED) is 0.573. The zero-order valence-corrected chi connectivity index (χ0v) is 15.5. The lowest BCUT2D eigenvalue weighted by atomic mass is 10.2. The van der Waals surface area contributed by atoms with Gasteiger partial charge in [0.15, 0.2) is 5.76 Å². The molecule has 1 aliphatic rings. The molecule has 1 saturated heterocycles. The zero-order valence-electron chi connectivity index (χ0n) is 15.5. The molecule has 0 bridgehead atoms. The van der Waals surface area contributed by atoms with Gasteiger partial charge in [-0.3, -0.25) is 4.90 Å². The van der Waals surface area contributed by atoms with Crippen LogP contribution in [0.1, 0.15) is 12.0 Å². The Morgan fingerprint density at radius 2 is 1.93 bits per heavy atom. The van der Waals surface area contributed by atoms with E-state index in [9.17, 15) is 0 Å². The van der Waals surface area contributed by atoms with Gasteiger partial charge in [-0.05, 0) is 24.1 Å². The minimum Gasteiger partial charge on any atom is -0.454 e. The molecular weight excluding hydrogens is 350 g/mol. The summed E-state index contributed by atoms with van der Waals surface area (Å²) in [7, 11) is 0. The summed E-state index contributed by atoms with van der Waals surface area (Å²) in [6, 6.07) is 20.8. The van der Waals surface area contributed by atoms with Gasteiger partial charge in [0.2, 0.25) is 5.95 Å². The fourth-order valence-corrected chi connectivity index (χ4v) is 3.71. The fraction of sp³-hybridized carbons (Fsp3) is 0.227. The van der Waals surface area contributed by atoms with Gasteiger partial charge in [-0.25, -0.2) is 4.98 Å². The number of para-hydroxylation sites is 1. The molecule has 4 aromatic rings. The van der Waals surface area contributed by atoms with Crippen LogP contribution in [0.4, 0.5) is 5.95 Å². The van der Waals surface area contributed by atoms with Crippen molar-refractivity contribution in [3.63, 3.8) is 0 Å². The lowest BCUT2D eigenvalue weighted by Crippen LogP contribution is -2.26. The van der Waals surface area contributed by atoms with Crippen molar-refractivity contribution in [3.05, 3.63) is 72.4 Å². The van der Waals surface area contributed by atoms with Crippen LogP contribution >= 0.6 is 0 Å². The Morgan fingerprint density at radius 1 is 1.07 bits per heavy atom. The summed E-state index contributed by atoms with van der Waals surface area (Å²) in [5.41, 5.74) is 2.87. The molecule has 2 aromatic carbocycles. The second-order valence-corrected chi connectivity index (χ2v) is 7.16. The molecular formula is C22H21N5O. The van der Waals surface area contributed by atoms with E-state index in [4.69, 9.17) is 4.42 Å². The van der Waals surface area contributed by atoms with Crippen LogP contribution in [0, 0.1) is 0 Å². The highest BCUT2D eigenvalue weighted by Crippen LogP contribution is 2.26. The molecule has 6 heteroatoms. The van der Waals surface area contributed by atoms with Crippen molar-refractivity contribution in [1.29, 1.82) is 0 Å². The van der Waals surface area contributed by atoms with E-state index in [2.05, 4.69) is 55.7 Å². The molecule has 0 radical (unpaired) electrons. The van der Waals surface area contributed by atoms with Gasteiger partial charge in [0.25, 0.3) is 0 Å². The van der Waals surface area contributed by atoms with Crippen molar-refractivity contribution in [2.24, 2.45) is 0 Å². The number of aromatic nitrogens is 3. The first-order chi connectivity index (χ1) is 13.8. The molecule has 0 spiro atoms. The molecule has 1 fully saturated rings. The van der Waals surface area contributed by atoms with Gasteiger partial charge in [0.05, 0.1) is 6.20 Å². The van der Waals surface area contributed by atoms with Crippen LogP contribution in [0.15, 0.2) is 71.3 Å². The van der Waals surface area contributed by atoms with Gasteiger partial charge in [-0.1, -0.05) is 48.5 Å². The van der Waals surface area contributed by atoms with Crippen LogP contribution in [0.25, 0.3) is 22.4 Å². The molecule has 1 N–H and O–H groups in total. The smallest absolute Gasteiger partial charge is 0.243 e. The van der Waals surface area contributed by atoms with Crippen LogP contribution in [0.2, 0.25) is 0 Å². The predicted octanol–water partition coefficient (Wildman–Crippen LogP) is 3.97. The Balaban J connectivity index is 1.27. The molecule has 0 unspecified atom stereocenters. The zero-order chi connectivity index (χ0) is 18.8. The number of anilines is 1. The first-order valence-electron chi connectivity index (χ1n) is 9.55. The van der Waals surface area contributed by atoms with Gasteiger partial charge in [0, 0.05) is 31.1 Å². The average molecular weight is 371 g/mol. The molecule has 0 saturated carbocycles. The van der Waals surface area contributed by atoms with Crippen molar-refractivity contribution in [2.45, 2.75) is 19.0 Å². The number of likely N-dealkylation sites (tertiary alicyclic amines) is 1. The highest BCUT2D eigenvalue weighted by molar-refractivity contribution is 5.82. The van der Waals surface area contributed by atoms with Gasteiger partial charge >= 0.3 is 0 Å². The van der Waals surface area contributed by atoms with E-state index in [1.807, 2.05) is 30.3 Å². The summed E-state index contributed by atoms with van der Waals surface area (Å²) in [5.74, 6) is 1.25. The van der Waals surface area contributed by atoms with E-state index in [1.165, 1.54) is 5.56 Å². The summed E-state index contributed by atoms with van der Waals surface area (Å²) < 4.78 is 5.90. The first-order valence-corrected chi connectivity index (χ1v) is 9.55. The number of nitrogens with one attached hydrogen (secondary N) is 1. The van der Waals surface area contributed by atoms with Crippen molar-refractivity contribution >= 4 is 16.9 Å². The Kier molecular flexibility index (Phi) is 4.47. The lowest BCUT2D eigenvalue weighted by Gasteiger charge is -2.16. The fourth-order valence-electron chi connectivity index (χ4n) is 3.71. The molecule has 6 nitrogen and oxygen atoms in total. The molecule has 5 rings (SSSR count). The minimum absolute atomic E-state index is 0.316. The highest BCUT2D eigenvalue weighted by atomic mass is 16.3. The summed E-state index contributed by atoms with van der Waals surface area (Å²) >= 11 is 0. The second-order valence-electron chi connectivity index (χ2n) is 7.16. The van der Waals surface area contributed by atoms with E-state index in [-0.39, 0.29) is 0 Å². The number of nitrogens with zero attached hydrogens (tertiary/aromatic N) is 4. The van der Waals surface area contributed by atoms with E-state index >= 15 is 0 Å². The first kappa shape index (κ1) is 16.9. The normalized spacial score (nSPS) is 17.2. The number of hydrogen-bond donors (Lipinski definition) is 1. The predicted molar refractivity (Wildman–Crippen MR) is 109 cm³/mol. The maximum absolute atomic E-state index is 5.90. The maximum atomic E-state index is 5.90. The monoisotopic (exact) mass is 371 g/mol. The van der Waals surface area contributed by atoms with Crippen LogP contribution in [-0.4, -0.2) is 39.2 Å². The van der Waals surface area contributed by atoms with Crippen LogP contribution in [0.3, 0.4) is 0 Å². The van der Waals surface area contributed by atoms with Gasteiger partial charge in [0.1, 0.15) is 11.3 Å². The third-order valence-corrected chi connectivity index (χ3v) is 5.09. The van der Waals surface area contributed by atoms with Gasteiger partial charge < -0.3 is 9.73 Å². The minimum atomic E-state index is 0.316. The number of furan rings is 1. The molecule has 0 amide bonds. The number of rotatable bonds is 5. The summed E-state index contributed by atoms with van der Waals surface area (Å²) in [6.07, 6.45) is 2.70. The SMILES string of the molecule is c1ccc(CN2CC[C@@H](Nc3nncc(-c4cc5ccccc5o4)n3)C2)cc1. The molecule has 140 valence electrons. The summed E-state index contributed by atoms with van der Waals surface area (Å²) in [4.78, 5) is 7.06. The Bertz CT molecular complexity index is 1050. The van der Waals surface area contributed by atoms with Crippen LogP contribution in [-0.2, 0) is 6.54 Å². The van der Waals surface area contributed by atoms with Crippen LogP contribution in [0.5, 0.6) is 0 Å². The number of hydrogen-bond acceptors (Lipinski definition) is 6. The Morgan fingerprint density at radius 3 is 2.82 bits per heavy atom. The van der Waals surface area contributed by atoms with Crippen LogP contribution < -0.4 is 5.32 Å². The van der Waals surface area contributed by atoms with Crippen molar-refractivity contribution in [2.75, 3.05) is 18.4 Å². The maximum Gasteiger partial charge on any atom is 0.243 e. The van der Waals surface area contributed by atoms with E-state index in [0.29, 0.717) is 23.4 Å². The van der Waals surface area contributed by atoms with Crippen molar-refractivity contribution < 1.29 is 4.42 Å². The third-order valence-electron chi connectivity index (χ3n) is 5.09.